The van der Waals surface area contributed by atoms with Crippen molar-refractivity contribution in [1.82, 2.24) is 5.34 Å². The SMILES string of the molecule is C=C(COc1ccc2c(c1)CCN2C(=O)OC(C)(C)C)CN(F)F. The van der Waals surface area contributed by atoms with Gasteiger partial charge in [0.1, 0.15) is 18.0 Å². The molecule has 0 aliphatic carbocycles. The first-order valence-corrected chi connectivity index (χ1v) is 7.68. The number of fused-ring (bicyclic) bond motifs is 1. The molecule has 132 valence electrons. The van der Waals surface area contributed by atoms with Crippen LogP contribution in [0.2, 0.25) is 0 Å². The van der Waals surface area contributed by atoms with E-state index < -0.39 is 17.5 Å². The molecule has 1 heterocycles. The Morgan fingerprint density at radius 3 is 2.71 bits per heavy atom. The number of carbonyl (C=O) groups excluding carboxylic acids is 1. The second-order valence-electron chi connectivity index (χ2n) is 6.67. The van der Waals surface area contributed by atoms with Crippen LogP contribution in [0, 0.1) is 0 Å². The van der Waals surface area contributed by atoms with Crippen LogP contribution < -0.4 is 9.64 Å². The minimum atomic E-state index is -0.937. The van der Waals surface area contributed by atoms with Crippen LogP contribution in [0.5, 0.6) is 5.75 Å². The van der Waals surface area contributed by atoms with Gasteiger partial charge in [-0.15, -0.1) is 8.96 Å². The molecule has 0 saturated carbocycles. The summed E-state index contributed by atoms with van der Waals surface area (Å²) in [5.41, 5.74) is 1.47. The molecular weight excluding hydrogens is 318 g/mol. The van der Waals surface area contributed by atoms with Crippen molar-refractivity contribution in [3.05, 3.63) is 35.9 Å². The summed E-state index contributed by atoms with van der Waals surface area (Å²) in [7, 11) is 0. The van der Waals surface area contributed by atoms with Gasteiger partial charge in [-0.1, -0.05) is 6.58 Å². The fourth-order valence-corrected chi connectivity index (χ4v) is 2.37. The molecule has 1 aliphatic heterocycles. The number of carbonyl (C=O) groups is 1. The van der Waals surface area contributed by atoms with Crippen LogP contribution in [-0.2, 0) is 11.2 Å². The lowest BCUT2D eigenvalue weighted by Gasteiger charge is -2.24. The van der Waals surface area contributed by atoms with Gasteiger partial charge in [0, 0.05) is 11.9 Å². The van der Waals surface area contributed by atoms with E-state index in [1.807, 2.05) is 26.8 Å². The van der Waals surface area contributed by atoms with Gasteiger partial charge in [0.05, 0.1) is 12.2 Å². The number of halogens is 2. The summed E-state index contributed by atoms with van der Waals surface area (Å²) < 4.78 is 35.1. The molecule has 0 N–H and O–H groups in total. The van der Waals surface area contributed by atoms with Crippen molar-refractivity contribution in [2.24, 2.45) is 0 Å². The molecule has 2 rings (SSSR count). The van der Waals surface area contributed by atoms with Crippen LogP contribution in [0.25, 0.3) is 0 Å². The van der Waals surface area contributed by atoms with Gasteiger partial charge in [0.2, 0.25) is 0 Å². The molecule has 0 bridgehead atoms. The Morgan fingerprint density at radius 2 is 2.08 bits per heavy atom. The van der Waals surface area contributed by atoms with Crippen LogP contribution in [-0.4, -0.2) is 36.7 Å². The van der Waals surface area contributed by atoms with Crippen molar-refractivity contribution in [3.63, 3.8) is 0 Å². The van der Waals surface area contributed by atoms with Gasteiger partial charge < -0.3 is 9.47 Å². The topological polar surface area (TPSA) is 42.0 Å². The zero-order valence-electron chi connectivity index (χ0n) is 14.1. The molecule has 0 saturated heterocycles. The van der Waals surface area contributed by atoms with E-state index in [0.717, 1.165) is 11.3 Å². The maximum atomic E-state index is 12.2. The van der Waals surface area contributed by atoms with Gasteiger partial charge >= 0.3 is 6.09 Å². The Kier molecular flexibility index (Phi) is 5.43. The third-order valence-corrected chi connectivity index (χ3v) is 3.35. The van der Waals surface area contributed by atoms with Gasteiger partial charge in [-0.25, -0.2) is 4.79 Å². The largest absolute Gasteiger partial charge is 0.489 e. The molecule has 1 aliphatic rings. The van der Waals surface area contributed by atoms with Crippen LogP contribution >= 0.6 is 0 Å². The standard InChI is InChI=1S/C17H22F2N2O3/c1-12(10-21(18)19)11-23-14-5-6-15-13(9-14)7-8-20(15)16(22)24-17(2,3)4/h5-6,9H,1,7-8,10-11H2,2-4H3. The molecule has 0 spiro atoms. The van der Waals surface area contributed by atoms with E-state index in [0.29, 0.717) is 18.7 Å². The van der Waals surface area contributed by atoms with Gasteiger partial charge in [0.15, 0.2) is 0 Å². The normalized spacial score (nSPS) is 13.8. The maximum absolute atomic E-state index is 12.2. The number of nitrogens with zero attached hydrogens (tertiary/aromatic N) is 2. The van der Waals surface area contributed by atoms with Crippen LogP contribution in [0.3, 0.4) is 0 Å². The lowest BCUT2D eigenvalue weighted by Crippen LogP contribution is -2.35. The molecule has 5 nitrogen and oxygen atoms in total. The van der Waals surface area contributed by atoms with Crippen molar-refractivity contribution in [2.75, 3.05) is 24.6 Å². The average Bonchev–Trinajstić information content (AvgIpc) is 2.85. The predicted molar refractivity (Wildman–Crippen MR) is 87.3 cm³/mol. The van der Waals surface area contributed by atoms with E-state index in [1.54, 1.807) is 17.0 Å². The van der Waals surface area contributed by atoms with Crippen molar-refractivity contribution in [3.8, 4) is 5.75 Å². The Hall–Kier alpha value is -2.15. The molecule has 0 aromatic heterocycles. The smallest absolute Gasteiger partial charge is 0.414 e. The summed E-state index contributed by atoms with van der Waals surface area (Å²) in [5.74, 6) is 0.560. The number of hydrogen-bond acceptors (Lipinski definition) is 4. The van der Waals surface area contributed by atoms with Gasteiger partial charge in [-0.2, -0.15) is 0 Å². The Morgan fingerprint density at radius 1 is 1.38 bits per heavy atom. The number of rotatable bonds is 5. The Bertz CT molecular complexity index is 627. The second kappa shape index (κ2) is 7.17. The van der Waals surface area contributed by atoms with Crippen molar-refractivity contribution >= 4 is 11.8 Å². The molecule has 24 heavy (non-hydrogen) atoms. The summed E-state index contributed by atoms with van der Waals surface area (Å²) >= 11 is 0. The van der Waals surface area contributed by atoms with E-state index >= 15 is 0 Å². The van der Waals surface area contributed by atoms with E-state index in [-0.39, 0.29) is 18.3 Å². The number of benzene rings is 1. The van der Waals surface area contributed by atoms with Gasteiger partial charge in [-0.3, -0.25) is 4.90 Å². The number of ether oxygens (including phenoxy) is 2. The zero-order valence-corrected chi connectivity index (χ0v) is 14.1. The first-order valence-electron chi connectivity index (χ1n) is 7.68. The van der Waals surface area contributed by atoms with Gasteiger partial charge in [-0.05, 0) is 56.5 Å². The molecule has 0 unspecified atom stereocenters. The summed E-state index contributed by atoms with van der Waals surface area (Å²) in [6, 6.07) is 5.30. The fraction of sp³-hybridized carbons (Fsp3) is 0.471. The predicted octanol–water partition coefficient (Wildman–Crippen LogP) is 3.99. The molecule has 1 amide bonds. The minimum absolute atomic E-state index is 0.0128. The summed E-state index contributed by atoms with van der Waals surface area (Å²) in [6.07, 6.45) is 0.310. The molecule has 0 radical (unpaired) electrons. The molecule has 1 aromatic carbocycles. The third kappa shape index (κ3) is 4.92. The zero-order chi connectivity index (χ0) is 17.9. The monoisotopic (exact) mass is 340 g/mol. The minimum Gasteiger partial charge on any atom is -0.489 e. The first kappa shape index (κ1) is 18.2. The van der Waals surface area contributed by atoms with E-state index in [1.165, 1.54) is 0 Å². The average molecular weight is 340 g/mol. The number of amides is 1. The van der Waals surface area contributed by atoms with Crippen LogP contribution in [0.1, 0.15) is 26.3 Å². The highest BCUT2D eigenvalue weighted by Crippen LogP contribution is 2.32. The van der Waals surface area contributed by atoms with Crippen LogP contribution in [0.4, 0.5) is 19.4 Å². The maximum Gasteiger partial charge on any atom is 0.414 e. The van der Waals surface area contributed by atoms with Crippen molar-refractivity contribution < 1.29 is 23.2 Å². The first-order chi connectivity index (χ1) is 11.2. The molecule has 0 atom stereocenters. The van der Waals surface area contributed by atoms with Crippen molar-refractivity contribution in [2.45, 2.75) is 32.8 Å². The van der Waals surface area contributed by atoms with Crippen molar-refractivity contribution in [1.29, 1.82) is 0 Å². The third-order valence-electron chi connectivity index (χ3n) is 3.35. The van der Waals surface area contributed by atoms with Crippen LogP contribution in [0.15, 0.2) is 30.4 Å². The molecule has 0 fully saturated rings. The van der Waals surface area contributed by atoms with Gasteiger partial charge in [0.25, 0.3) is 0 Å². The summed E-state index contributed by atoms with van der Waals surface area (Å²) in [5, 5.41) is -0.937. The lowest BCUT2D eigenvalue weighted by molar-refractivity contribution is -0.145. The molecule has 7 heteroatoms. The summed E-state index contributed by atoms with van der Waals surface area (Å²) in [4.78, 5) is 13.8. The van der Waals surface area contributed by atoms with E-state index in [9.17, 15) is 13.8 Å². The highest BCUT2D eigenvalue weighted by molar-refractivity contribution is 5.90. The number of anilines is 1. The quantitative estimate of drug-likeness (QED) is 0.600. The highest BCUT2D eigenvalue weighted by atomic mass is 19.4. The van der Waals surface area contributed by atoms with E-state index in [4.69, 9.17) is 9.47 Å². The second-order valence-corrected chi connectivity index (χ2v) is 6.67. The highest BCUT2D eigenvalue weighted by Gasteiger charge is 2.29. The molecule has 1 aromatic rings. The summed E-state index contributed by atoms with van der Waals surface area (Å²) in [6.45, 7) is 9.02. The molecular formula is C17H22F2N2O3. The fourth-order valence-electron chi connectivity index (χ4n) is 2.37. The lowest BCUT2D eigenvalue weighted by atomic mass is 10.1. The Labute approximate surface area is 140 Å². The Balaban J connectivity index is 2.00. The number of hydrogen-bond donors (Lipinski definition) is 0. The van der Waals surface area contributed by atoms with E-state index in [2.05, 4.69) is 6.58 Å².